The van der Waals surface area contributed by atoms with Gasteiger partial charge in [-0.3, -0.25) is 14.4 Å². The van der Waals surface area contributed by atoms with Crippen molar-refractivity contribution in [3.05, 3.63) is 34.8 Å². The summed E-state index contributed by atoms with van der Waals surface area (Å²) in [7, 11) is 0. The number of esters is 2. The number of hydrogen-bond donors (Lipinski definition) is 2. The Labute approximate surface area is 183 Å². The van der Waals surface area contributed by atoms with E-state index >= 15 is 0 Å². The molecule has 0 fully saturated rings. The minimum Gasteiger partial charge on any atom is -0.459 e. The third kappa shape index (κ3) is 8.91. The minimum atomic E-state index is -0.582. The number of aryl methyl sites for hydroxylation is 1. The highest BCUT2D eigenvalue weighted by molar-refractivity contribution is 7.15. The van der Waals surface area contributed by atoms with E-state index in [1.165, 1.54) is 23.5 Å². The Bertz CT molecular complexity index is 926. The molecule has 0 atom stereocenters. The molecule has 0 radical (unpaired) electrons. The number of aromatic nitrogens is 2. The number of amides is 2. The number of benzene rings is 1. The number of rotatable bonds is 10. The summed E-state index contributed by atoms with van der Waals surface area (Å²) >= 11 is 1.26. The van der Waals surface area contributed by atoms with Crippen LogP contribution in [-0.4, -0.2) is 46.7 Å². The van der Waals surface area contributed by atoms with Crippen molar-refractivity contribution in [3.8, 4) is 0 Å². The molecule has 31 heavy (non-hydrogen) atoms. The molecule has 2 N–H and O–H groups in total. The normalized spacial score (nSPS) is 10.5. The second-order valence-corrected chi connectivity index (χ2v) is 7.95. The van der Waals surface area contributed by atoms with E-state index in [1.807, 2.05) is 0 Å². The van der Waals surface area contributed by atoms with Gasteiger partial charge in [0.15, 0.2) is 6.61 Å². The first-order valence-corrected chi connectivity index (χ1v) is 10.4. The number of carbonyl (C=O) groups is 4. The van der Waals surface area contributed by atoms with Gasteiger partial charge in [0.2, 0.25) is 11.0 Å². The standard InChI is InChI=1S/C20H24N4O6S/c1-12(2)30-19(28)14-7-9-15(10-8-14)21-17(26)11-29-18(27)6-4-5-16(25)22-20-24-23-13(3)31-20/h7-10,12H,4-6,11H2,1-3H3,(H,21,26)(H,22,24,25). The molecule has 0 bridgehead atoms. The molecular formula is C20H24N4O6S. The van der Waals surface area contributed by atoms with Crippen molar-refractivity contribution < 1.29 is 28.7 Å². The van der Waals surface area contributed by atoms with E-state index in [0.717, 1.165) is 5.01 Å². The van der Waals surface area contributed by atoms with Crippen LogP contribution in [0.3, 0.4) is 0 Å². The first kappa shape index (κ1) is 23.9. The lowest BCUT2D eigenvalue weighted by molar-refractivity contribution is -0.147. The molecule has 2 amide bonds. The van der Waals surface area contributed by atoms with Gasteiger partial charge in [-0.05, 0) is 51.5 Å². The first-order valence-electron chi connectivity index (χ1n) is 9.59. The zero-order chi connectivity index (χ0) is 22.8. The molecule has 2 aromatic rings. The van der Waals surface area contributed by atoms with Gasteiger partial charge in [-0.25, -0.2) is 4.79 Å². The van der Waals surface area contributed by atoms with Crippen LogP contribution in [0.25, 0.3) is 0 Å². The molecule has 0 unspecified atom stereocenters. The third-order valence-electron chi connectivity index (χ3n) is 3.67. The molecule has 0 aliphatic carbocycles. The van der Waals surface area contributed by atoms with Crippen molar-refractivity contribution >= 4 is 45.9 Å². The predicted molar refractivity (Wildman–Crippen MR) is 114 cm³/mol. The quantitative estimate of drug-likeness (QED) is 0.529. The molecule has 0 saturated heterocycles. The number of nitrogens with one attached hydrogen (secondary N) is 2. The maximum atomic E-state index is 11.9. The van der Waals surface area contributed by atoms with Gasteiger partial charge in [-0.2, -0.15) is 0 Å². The molecular weight excluding hydrogens is 424 g/mol. The Kier molecular flexibility index (Phi) is 9.07. The molecule has 1 aromatic carbocycles. The number of hydrogen-bond acceptors (Lipinski definition) is 9. The van der Waals surface area contributed by atoms with Gasteiger partial charge in [-0.15, -0.1) is 10.2 Å². The van der Waals surface area contributed by atoms with Crippen LogP contribution in [0.2, 0.25) is 0 Å². The zero-order valence-corrected chi connectivity index (χ0v) is 18.3. The zero-order valence-electron chi connectivity index (χ0n) is 17.5. The maximum Gasteiger partial charge on any atom is 0.338 e. The summed E-state index contributed by atoms with van der Waals surface area (Å²) in [6, 6.07) is 6.16. The fraction of sp³-hybridized carbons (Fsp3) is 0.400. The molecule has 0 spiro atoms. The van der Waals surface area contributed by atoms with E-state index in [2.05, 4.69) is 20.8 Å². The van der Waals surface area contributed by atoms with E-state index in [-0.39, 0.29) is 31.3 Å². The average Bonchev–Trinajstić information content (AvgIpc) is 3.11. The second-order valence-electron chi connectivity index (χ2n) is 6.77. The highest BCUT2D eigenvalue weighted by Crippen LogP contribution is 2.14. The molecule has 1 heterocycles. The third-order valence-corrected chi connectivity index (χ3v) is 4.42. The summed E-state index contributed by atoms with van der Waals surface area (Å²) in [4.78, 5) is 47.2. The van der Waals surface area contributed by atoms with Gasteiger partial charge >= 0.3 is 11.9 Å². The lowest BCUT2D eigenvalue weighted by Gasteiger charge is -2.09. The van der Waals surface area contributed by atoms with Gasteiger partial charge in [-0.1, -0.05) is 11.3 Å². The van der Waals surface area contributed by atoms with Gasteiger partial charge in [0.05, 0.1) is 11.7 Å². The summed E-state index contributed by atoms with van der Waals surface area (Å²) in [6.07, 6.45) is 0.169. The van der Waals surface area contributed by atoms with Crippen LogP contribution in [0.15, 0.2) is 24.3 Å². The Balaban J connectivity index is 1.64. The largest absolute Gasteiger partial charge is 0.459 e. The maximum absolute atomic E-state index is 11.9. The molecule has 10 nitrogen and oxygen atoms in total. The van der Waals surface area contributed by atoms with Crippen molar-refractivity contribution in [2.75, 3.05) is 17.2 Å². The highest BCUT2D eigenvalue weighted by Gasteiger charge is 2.12. The minimum absolute atomic E-state index is 0.00249. The lowest BCUT2D eigenvalue weighted by Crippen LogP contribution is -2.21. The number of nitrogens with zero attached hydrogens (tertiary/aromatic N) is 2. The van der Waals surface area contributed by atoms with Crippen molar-refractivity contribution in [1.29, 1.82) is 0 Å². The first-order chi connectivity index (χ1) is 14.7. The van der Waals surface area contributed by atoms with Crippen LogP contribution in [-0.2, 0) is 23.9 Å². The van der Waals surface area contributed by atoms with Crippen LogP contribution in [0, 0.1) is 6.92 Å². The molecule has 1 aromatic heterocycles. The lowest BCUT2D eigenvalue weighted by atomic mass is 10.2. The number of ether oxygens (including phenoxy) is 2. The highest BCUT2D eigenvalue weighted by atomic mass is 32.1. The van der Waals surface area contributed by atoms with Crippen LogP contribution in [0.1, 0.15) is 48.5 Å². The fourth-order valence-corrected chi connectivity index (χ4v) is 2.92. The molecule has 0 aliphatic heterocycles. The molecule has 11 heteroatoms. The van der Waals surface area contributed by atoms with E-state index in [1.54, 1.807) is 32.9 Å². The van der Waals surface area contributed by atoms with Gasteiger partial charge < -0.3 is 20.1 Å². The van der Waals surface area contributed by atoms with Gasteiger partial charge in [0, 0.05) is 18.5 Å². The summed E-state index contributed by atoms with van der Waals surface area (Å²) in [5, 5.41) is 13.9. The summed E-state index contributed by atoms with van der Waals surface area (Å²) in [5.74, 6) is -1.83. The van der Waals surface area contributed by atoms with Crippen molar-refractivity contribution in [2.45, 2.75) is 46.1 Å². The summed E-state index contributed by atoms with van der Waals surface area (Å²) in [6.45, 7) is 4.83. The Hall–Kier alpha value is -3.34. The van der Waals surface area contributed by atoms with Crippen molar-refractivity contribution in [3.63, 3.8) is 0 Å². The van der Waals surface area contributed by atoms with Crippen LogP contribution in [0.5, 0.6) is 0 Å². The molecule has 166 valence electrons. The van der Waals surface area contributed by atoms with E-state index < -0.39 is 24.5 Å². The van der Waals surface area contributed by atoms with Crippen LogP contribution >= 0.6 is 11.3 Å². The fourth-order valence-electron chi connectivity index (χ4n) is 2.31. The molecule has 0 saturated carbocycles. The van der Waals surface area contributed by atoms with E-state index in [0.29, 0.717) is 16.4 Å². The Morgan fingerprint density at radius 2 is 1.71 bits per heavy atom. The van der Waals surface area contributed by atoms with Gasteiger partial charge in [0.25, 0.3) is 5.91 Å². The van der Waals surface area contributed by atoms with E-state index in [9.17, 15) is 19.2 Å². The van der Waals surface area contributed by atoms with Crippen LogP contribution < -0.4 is 10.6 Å². The topological polar surface area (TPSA) is 137 Å². The van der Waals surface area contributed by atoms with E-state index in [4.69, 9.17) is 9.47 Å². The predicted octanol–water partition coefficient (Wildman–Crippen LogP) is 2.70. The van der Waals surface area contributed by atoms with Gasteiger partial charge in [0.1, 0.15) is 5.01 Å². The SMILES string of the molecule is Cc1nnc(NC(=O)CCCC(=O)OCC(=O)Nc2ccc(C(=O)OC(C)C)cc2)s1. The summed E-state index contributed by atoms with van der Waals surface area (Å²) < 4.78 is 9.99. The van der Waals surface area contributed by atoms with Crippen LogP contribution in [0.4, 0.5) is 10.8 Å². The monoisotopic (exact) mass is 448 g/mol. The average molecular weight is 449 g/mol. The Morgan fingerprint density at radius 1 is 1.00 bits per heavy atom. The summed E-state index contributed by atoms with van der Waals surface area (Å²) in [5.41, 5.74) is 0.814. The number of carbonyl (C=O) groups excluding carboxylic acids is 4. The number of anilines is 2. The second kappa shape index (κ2) is 11.7. The van der Waals surface area contributed by atoms with Crippen molar-refractivity contribution in [1.82, 2.24) is 10.2 Å². The smallest absolute Gasteiger partial charge is 0.338 e. The molecule has 0 aliphatic rings. The molecule has 2 rings (SSSR count). The van der Waals surface area contributed by atoms with Crippen molar-refractivity contribution in [2.24, 2.45) is 0 Å². The Morgan fingerprint density at radius 3 is 2.32 bits per heavy atom.